The molecule has 1 aromatic carbocycles. The van der Waals surface area contributed by atoms with E-state index in [4.69, 9.17) is 16.4 Å². The number of fused-ring (bicyclic) bond motifs is 8. The summed E-state index contributed by atoms with van der Waals surface area (Å²) in [6.45, 7) is 0. The molecule has 2 aliphatic heterocycles. The molecule has 2 amide bonds. The highest BCUT2D eigenvalue weighted by Crippen LogP contribution is 2.62. The highest BCUT2D eigenvalue weighted by molar-refractivity contribution is 6.30. The number of hydrogen-bond acceptors (Lipinski definition) is 4. The Balaban J connectivity index is 1.31. The van der Waals surface area contributed by atoms with E-state index in [2.05, 4.69) is 5.16 Å². The molecule has 3 saturated carbocycles. The van der Waals surface area contributed by atoms with Crippen LogP contribution in [0.25, 0.3) is 0 Å². The molecule has 2 heterocycles. The minimum Gasteiger partial charge on any atom is -0.391 e. The molecule has 3 aliphatic carbocycles. The second-order valence-corrected chi connectivity index (χ2v) is 9.47. The van der Waals surface area contributed by atoms with Crippen molar-refractivity contribution in [3.05, 3.63) is 34.9 Å². The zero-order valence-corrected chi connectivity index (χ0v) is 16.3. The van der Waals surface area contributed by atoms with Crippen molar-refractivity contribution in [1.29, 1.82) is 0 Å². The first-order valence-corrected chi connectivity index (χ1v) is 10.9. The van der Waals surface area contributed by atoms with Gasteiger partial charge in [-0.1, -0.05) is 48.2 Å². The first-order valence-electron chi connectivity index (χ1n) is 10.5. The summed E-state index contributed by atoms with van der Waals surface area (Å²) in [5.41, 5.74) is 1.92. The number of oxime groups is 1. The van der Waals surface area contributed by atoms with Crippen LogP contribution in [-0.4, -0.2) is 34.6 Å². The van der Waals surface area contributed by atoms with Gasteiger partial charge in [0.05, 0.1) is 17.5 Å². The van der Waals surface area contributed by atoms with Crippen LogP contribution in [0, 0.1) is 29.6 Å². The maximum Gasteiger partial charge on any atom is 0.233 e. The van der Waals surface area contributed by atoms with Gasteiger partial charge in [-0.05, 0) is 42.9 Å². The Hall–Kier alpha value is -1.88. The normalized spacial score (nSPS) is 39.2. The van der Waals surface area contributed by atoms with Crippen LogP contribution < -0.4 is 0 Å². The third-order valence-electron chi connectivity index (χ3n) is 7.80. The Bertz CT molecular complexity index is 876. The van der Waals surface area contributed by atoms with Gasteiger partial charge in [0.2, 0.25) is 11.8 Å². The topological polar surface area (TPSA) is 59.0 Å². The van der Waals surface area contributed by atoms with Crippen LogP contribution >= 0.6 is 11.6 Å². The van der Waals surface area contributed by atoms with Gasteiger partial charge in [0.15, 0.2) is 0 Å². The molecule has 5 nitrogen and oxygen atoms in total. The van der Waals surface area contributed by atoms with Crippen molar-refractivity contribution in [3.8, 4) is 0 Å². The minimum absolute atomic E-state index is 0.0661. The maximum absolute atomic E-state index is 13.4. The lowest BCUT2D eigenvalue weighted by molar-refractivity contribution is -0.144. The third kappa shape index (κ3) is 2.17. The average Bonchev–Trinajstić information content (AvgIpc) is 3.44. The van der Waals surface area contributed by atoms with Gasteiger partial charge in [-0.3, -0.25) is 14.5 Å². The van der Waals surface area contributed by atoms with Gasteiger partial charge in [0.25, 0.3) is 0 Å². The number of halogens is 1. The van der Waals surface area contributed by atoms with E-state index in [1.54, 1.807) is 4.90 Å². The van der Waals surface area contributed by atoms with Crippen molar-refractivity contribution in [1.82, 2.24) is 4.90 Å². The molecule has 2 bridgehead atoms. The summed E-state index contributed by atoms with van der Waals surface area (Å²) >= 11 is 6.03. The predicted octanol–water partition coefficient (Wildman–Crippen LogP) is 3.64. The number of nitrogens with zero attached hydrogens (tertiary/aromatic N) is 2. The van der Waals surface area contributed by atoms with Gasteiger partial charge >= 0.3 is 0 Å². The van der Waals surface area contributed by atoms with Crippen LogP contribution in [0.5, 0.6) is 0 Å². The molecule has 4 fully saturated rings. The fourth-order valence-electron chi connectivity index (χ4n) is 6.71. The quantitative estimate of drug-likeness (QED) is 0.714. The van der Waals surface area contributed by atoms with E-state index in [1.165, 1.54) is 6.42 Å². The van der Waals surface area contributed by atoms with Gasteiger partial charge in [0, 0.05) is 22.9 Å². The molecule has 28 heavy (non-hydrogen) atoms. The number of amides is 2. The van der Waals surface area contributed by atoms with Crippen molar-refractivity contribution in [2.45, 2.75) is 50.7 Å². The van der Waals surface area contributed by atoms with Crippen LogP contribution in [0.1, 0.15) is 44.1 Å². The van der Waals surface area contributed by atoms with E-state index < -0.39 is 0 Å². The zero-order valence-electron chi connectivity index (χ0n) is 15.6. The van der Waals surface area contributed by atoms with Crippen molar-refractivity contribution in [2.24, 2.45) is 34.7 Å². The Morgan fingerprint density at radius 2 is 1.61 bits per heavy atom. The van der Waals surface area contributed by atoms with Gasteiger partial charge in [-0.2, -0.15) is 0 Å². The summed E-state index contributed by atoms with van der Waals surface area (Å²) in [6.07, 6.45) is 6.20. The number of imide groups is 1. The molecule has 6 rings (SSSR count). The number of likely N-dealkylation sites (tertiary alicyclic amines) is 1. The van der Waals surface area contributed by atoms with E-state index in [1.807, 2.05) is 24.3 Å². The Morgan fingerprint density at radius 3 is 2.32 bits per heavy atom. The van der Waals surface area contributed by atoms with Crippen molar-refractivity contribution in [3.63, 3.8) is 0 Å². The standard InChI is InChI=1S/C22H23ClN2O3/c23-12-8-6-11(7-9-12)19-18-14-10-15(20(18)28-24-19)17-16(14)21(26)25(22(17)27)13-4-2-1-3-5-13/h6-9,13-18,20H,1-5,10H2/t14-,15+,16+,17-,18+,20+/m0/s1. The lowest BCUT2D eigenvalue weighted by Crippen LogP contribution is -2.42. The number of carbonyl (C=O) groups excluding carboxylic acids is 2. The van der Waals surface area contributed by atoms with Crippen molar-refractivity contribution >= 4 is 29.1 Å². The molecule has 0 aromatic heterocycles. The number of benzene rings is 1. The Labute approximate surface area is 169 Å². The average molecular weight is 399 g/mol. The number of carbonyl (C=O) groups is 2. The first-order chi connectivity index (χ1) is 13.6. The molecule has 1 saturated heterocycles. The third-order valence-corrected chi connectivity index (χ3v) is 8.06. The van der Waals surface area contributed by atoms with E-state index in [0.29, 0.717) is 5.02 Å². The minimum atomic E-state index is -0.194. The predicted molar refractivity (Wildman–Crippen MR) is 104 cm³/mol. The number of rotatable bonds is 2. The molecule has 0 N–H and O–H groups in total. The summed E-state index contributed by atoms with van der Waals surface area (Å²) < 4.78 is 0. The summed E-state index contributed by atoms with van der Waals surface area (Å²) in [7, 11) is 0. The van der Waals surface area contributed by atoms with Gasteiger partial charge < -0.3 is 4.84 Å². The fraction of sp³-hybridized carbons (Fsp3) is 0.591. The number of hydrogen-bond donors (Lipinski definition) is 0. The Kier molecular flexibility index (Phi) is 3.68. The van der Waals surface area contributed by atoms with E-state index in [9.17, 15) is 9.59 Å². The molecule has 0 radical (unpaired) electrons. The second-order valence-electron chi connectivity index (χ2n) is 9.03. The Morgan fingerprint density at radius 1 is 0.929 bits per heavy atom. The summed E-state index contributed by atoms with van der Waals surface area (Å²) in [4.78, 5) is 34.1. The second kappa shape index (κ2) is 6.06. The van der Waals surface area contributed by atoms with E-state index in [0.717, 1.165) is 43.4 Å². The van der Waals surface area contributed by atoms with Crippen molar-refractivity contribution < 1.29 is 14.4 Å². The van der Waals surface area contributed by atoms with E-state index in [-0.39, 0.29) is 53.5 Å². The van der Waals surface area contributed by atoms with Crippen molar-refractivity contribution in [2.75, 3.05) is 0 Å². The molecule has 5 aliphatic rings. The highest BCUT2D eigenvalue weighted by atomic mass is 35.5. The largest absolute Gasteiger partial charge is 0.391 e. The lowest BCUT2D eigenvalue weighted by Gasteiger charge is -2.30. The van der Waals surface area contributed by atoms with Crippen LogP contribution in [0.3, 0.4) is 0 Å². The van der Waals surface area contributed by atoms with Crippen LogP contribution in [0.4, 0.5) is 0 Å². The smallest absolute Gasteiger partial charge is 0.233 e. The molecular formula is C22H23ClN2O3. The maximum atomic E-state index is 13.4. The summed E-state index contributed by atoms with van der Waals surface area (Å²) in [5, 5.41) is 5.07. The molecule has 0 spiro atoms. The SMILES string of the molecule is O=C1[C@@H]2[C@@H]3C[C@@H]([C@H]4ON=C(c5ccc(Cl)cc5)[C@@H]34)[C@@H]2C(=O)N1C1CCCCC1. The molecule has 146 valence electrons. The zero-order chi connectivity index (χ0) is 19.0. The fourth-order valence-corrected chi connectivity index (χ4v) is 6.83. The van der Waals surface area contributed by atoms with Gasteiger partial charge in [0.1, 0.15) is 6.10 Å². The van der Waals surface area contributed by atoms with E-state index >= 15 is 0 Å². The monoisotopic (exact) mass is 398 g/mol. The molecule has 0 unspecified atom stereocenters. The highest BCUT2D eigenvalue weighted by Gasteiger charge is 2.70. The first kappa shape index (κ1) is 17.0. The molecule has 6 heteroatoms. The van der Waals surface area contributed by atoms with Crippen LogP contribution in [0.15, 0.2) is 29.4 Å². The molecule has 6 atom stereocenters. The van der Waals surface area contributed by atoms with Gasteiger partial charge in [-0.15, -0.1) is 0 Å². The summed E-state index contributed by atoms with van der Waals surface area (Å²) in [6, 6.07) is 7.76. The summed E-state index contributed by atoms with van der Waals surface area (Å²) in [5.74, 6) is 0.142. The van der Waals surface area contributed by atoms with Gasteiger partial charge in [-0.25, -0.2) is 0 Å². The van der Waals surface area contributed by atoms with Crippen LogP contribution in [-0.2, 0) is 14.4 Å². The molecule has 1 aromatic rings. The molecular weight excluding hydrogens is 376 g/mol. The lowest BCUT2D eigenvalue weighted by atomic mass is 9.71. The van der Waals surface area contributed by atoms with Crippen LogP contribution in [0.2, 0.25) is 5.02 Å².